The molecule has 0 aliphatic heterocycles. The van der Waals surface area contributed by atoms with Gasteiger partial charge in [-0.25, -0.2) is 9.18 Å². The van der Waals surface area contributed by atoms with E-state index in [2.05, 4.69) is 20.9 Å². The molecule has 0 saturated carbocycles. The molecule has 0 N–H and O–H groups in total. The van der Waals surface area contributed by atoms with Crippen LogP contribution < -0.4 is 0 Å². The summed E-state index contributed by atoms with van der Waals surface area (Å²) in [6.07, 6.45) is 2.93. The van der Waals surface area contributed by atoms with Gasteiger partial charge in [0.25, 0.3) is 0 Å². The zero-order valence-electron chi connectivity index (χ0n) is 15.4. The number of Topliss-reactive ketones (excluding diaryl/α,β-unsaturated/α-hetero) is 1. The van der Waals surface area contributed by atoms with Gasteiger partial charge < -0.3 is 9.30 Å². The quantitative estimate of drug-likeness (QED) is 0.415. The van der Waals surface area contributed by atoms with Crippen molar-refractivity contribution in [1.82, 2.24) is 9.55 Å². The van der Waals surface area contributed by atoms with Gasteiger partial charge in [0, 0.05) is 40.4 Å². The lowest BCUT2D eigenvalue weighted by Crippen LogP contribution is -2.15. The SMILES string of the molecule is Cc1cc(C(=O)COC(=O)c2cncc(Br)c2)c(C)n1Cc1ccc(F)cc1. The number of ketones is 1. The second kappa shape index (κ2) is 8.48. The van der Waals surface area contributed by atoms with Crippen molar-refractivity contribution >= 4 is 27.7 Å². The van der Waals surface area contributed by atoms with Crippen LogP contribution in [0.25, 0.3) is 0 Å². The Morgan fingerprint density at radius 2 is 1.86 bits per heavy atom. The smallest absolute Gasteiger partial charge is 0.340 e. The van der Waals surface area contributed by atoms with Gasteiger partial charge in [-0.3, -0.25) is 9.78 Å². The number of ether oxygens (including phenoxy) is 1. The zero-order chi connectivity index (χ0) is 20.3. The number of nitrogens with zero attached hydrogens (tertiary/aromatic N) is 2. The molecule has 0 aliphatic carbocycles. The number of halogens is 2. The molecule has 0 amide bonds. The monoisotopic (exact) mass is 444 g/mol. The third-order valence-corrected chi connectivity index (χ3v) is 4.84. The van der Waals surface area contributed by atoms with Crippen LogP contribution in [0, 0.1) is 19.7 Å². The first kappa shape index (κ1) is 19.9. The summed E-state index contributed by atoms with van der Waals surface area (Å²) in [5.74, 6) is -1.18. The van der Waals surface area contributed by atoms with Crippen LogP contribution in [0.5, 0.6) is 0 Å². The minimum Gasteiger partial charge on any atom is -0.454 e. The van der Waals surface area contributed by atoms with Gasteiger partial charge in [0.1, 0.15) is 5.82 Å². The van der Waals surface area contributed by atoms with Crippen LogP contribution >= 0.6 is 15.9 Å². The first-order chi connectivity index (χ1) is 13.3. The predicted octanol–water partition coefficient (Wildman–Crippen LogP) is 4.49. The van der Waals surface area contributed by atoms with Crippen molar-refractivity contribution in [2.45, 2.75) is 20.4 Å². The molecule has 28 heavy (non-hydrogen) atoms. The summed E-state index contributed by atoms with van der Waals surface area (Å²) >= 11 is 3.24. The van der Waals surface area contributed by atoms with Crippen molar-refractivity contribution in [3.8, 4) is 0 Å². The summed E-state index contributed by atoms with van der Waals surface area (Å²) in [5, 5.41) is 0. The molecule has 0 saturated heterocycles. The van der Waals surface area contributed by atoms with E-state index in [4.69, 9.17) is 4.74 Å². The first-order valence-corrected chi connectivity index (χ1v) is 9.36. The third-order valence-electron chi connectivity index (χ3n) is 4.40. The maximum atomic E-state index is 13.1. The first-order valence-electron chi connectivity index (χ1n) is 8.57. The molecule has 0 aliphatic rings. The van der Waals surface area contributed by atoms with Gasteiger partial charge in [0.05, 0.1) is 5.56 Å². The second-order valence-corrected chi connectivity index (χ2v) is 7.30. The van der Waals surface area contributed by atoms with Crippen LogP contribution in [0.4, 0.5) is 4.39 Å². The fourth-order valence-electron chi connectivity index (χ4n) is 2.91. The number of pyridine rings is 1. The Morgan fingerprint density at radius 3 is 2.54 bits per heavy atom. The minimum atomic E-state index is -0.609. The van der Waals surface area contributed by atoms with Gasteiger partial charge >= 0.3 is 5.97 Å². The molecule has 0 atom stereocenters. The van der Waals surface area contributed by atoms with Gasteiger partial charge in [0.2, 0.25) is 5.78 Å². The molecule has 0 bridgehead atoms. The molecule has 0 fully saturated rings. The van der Waals surface area contributed by atoms with Crippen LogP contribution in [0.3, 0.4) is 0 Å². The molecule has 1 aromatic carbocycles. The topological polar surface area (TPSA) is 61.2 Å². The Labute approximate surface area is 170 Å². The molecule has 0 radical (unpaired) electrons. The van der Waals surface area contributed by atoms with Crippen molar-refractivity contribution in [2.24, 2.45) is 0 Å². The molecule has 144 valence electrons. The van der Waals surface area contributed by atoms with Gasteiger partial charge in [0.15, 0.2) is 6.61 Å². The van der Waals surface area contributed by atoms with E-state index in [1.165, 1.54) is 18.3 Å². The van der Waals surface area contributed by atoms with E-state index in [0.717, 1.165) is 17.0 Å². The summed E-state index contributed by atoms with van der Waals surface area (Å²) in [7, 11) is 0. The Kier molecular flexibility index (Phi) is 6.04. The number of hydrogen-bond donors (Lipinski definition) is 0. The summed E-state index contributed by atoms with van der Waals surface area (Å²) in [6, 6.07) is 9.59. The lowest BCUT2D eigenvalue weighted by molar-refractivity contribution is 0.0474. The van der Waals surface area contributed by atoms with Crippen LogP contribution in [0.1, 0.15) is 37.7 Å². The Balaban J connectivity index is 1.70. The third kappa shape index (κ3) is 4.54. The summed E-state index contributed by atoms with van der Waals surface area (Å²) in [6.45, 7) is 3.90. The van der Waals surface area contributed by atoms with E-state index in [9.17, 15) is 14.0 Å². The number of hydrogen-bond acceptors (Lipinski definition) is 4. The maximum Gasteiger partial charge on any atom is 0.340 e. The number of carbonyl (C=O) groups excluding carboxylic acids is 2. The Hall–Kier alpha value is -2.80. The van der Waals surface area contributed by atoms with Gasteiger partial charge in [-0.15, -0.1) is 0 Å². The molecule has 5 nitrogen and oxygen atoms in total. The Bertz CT molecular complexity index is 1030. The van der Waals surface area contributed by atoms with Crippen molar-refractivity contribution in [1.29, 1.82) is 0 Å². The van der Waals surface area contributed by atoms with Crippen LogP contribution in [-0.2, 0) is 11.3 Å². The number of aryl methyl sites for hydroxylation is 1. The molecule has 3 aromatic rings. The normalized spacial score (nSPS) is 10.7. The molecule has 2 heterocycles. The lowest BCUT2D eigenvalue weighted by atomic mass is 10.1. The highest BCUT2D eigenvalue weighted by Crippen LogP contribution is 2.18. The fraction of sp³-hybridized carbons (Fsp3) is 0.190. The Morgan fingerprint density at radius 1 is 1.14 bits per heavy atom. The van der Waals surface area contributed by atoms with Crippen molar-refractivity contribution in [3.05, 3.63) is 87.2 Å². The minimum absolute atomic E-state index is 0.268. The molecular weight excluding hydrogens is 427 g/mol. The lowest BCUT2D eigenvalue weighted by Gasteiger charge is -2.10. The maximum absolute atomic E-state index is 13.1. The average molecular weight is 445 g/mol. The summed E-state index contributed by atoms with van der Waals surface area (Å²) in [4.78, 5) is 28.6. The highest BCUT2D eigenvalue weighted by atomic mass is 79.9. The summed E-state index contributed by atoms with van der Waals surface area (Å²) in [5.41, 5.74) is 3.36. The molecule has 3 rings (SSSR count). The van der Waals surface area contributed by atoms with E-state index in [1.807, 2.05) is 18.4 Å². The number of aromatic nitrogens is 2. The molecule has 2 aromatic heterocycles. The van der Waals surface area contributed by atoms with E-state index in [-0.39, 0.29) is 23.8 Å². The van der Waals surface area contributed by atoms with E-state index >= 15 is 0 Å². The van der Waals surface area contributed by atoms with Crippen LogP contribution in [0.15, 0.2) is 53.3 Å². The van der Waals surface area contributed by atoms with Crippen LogP contribution in [-0.4, -0.2) is 27.9 Å². The molecular formula is C21H18BrFN2O3. The number of benzene rings is 1. The number of esters is 1. The largest absolute Gasteiger partial charge is 0.454 e. The van der Waals surface area contributed by atoms with Crippen molar-refractivity contribution in [3.63, 3.8) is 0 Å². The molecule has 7 heteroatoms. The van der Waals surface area contributed by atoms with Gasteiger partial charge in [-0.2, -0.15) is 0 Å². The zero-order valence-corrected chi connectivity index (χ0v) is 17.0. The number of carbonyl (C=O) groups is 2. The molecule has 0 unspecified atom stereocenters. The summed E-state index contributed by atoms with van der Waals surface area (Å²) < 4.78 is 20.8. The van der Waals surface area contributed by atoms with Gasteiger partial charge in [-0.05, 0) is 59.6 Å². The van der Waals surface area contributed by atoms with E-state index in [0.29, 0.717) is 16.6 Å². The standard InChI is InChI=1S/C21H18BrFN2O3/c1-13-7-19(14(2)25(13)11-15-3-5-18(23)6-4-15)20(26)12-28-21(27)16-8-17(22)10-24-9-16/h3-10H,11-12H2,1-2H3. The van der Waals surface area contributed by atoms with Crippen molar-refractivity contribution < 1.29 is 18.7 Å². The second-order valence-electron chi connectivity index (χ2n) is 6.39. The highest BCUT2D eigenvalue weighted by Gasteiger charge is 2.18. The van der Waals surface area contributed by atoms with E-state index in [1.54, 1.807) is 30.5 Å². The van der Waals surface area contributed by atoms with E-state index < -0.39 is 5.97 Å². The van der Waals surface area contributed by atoms with Crippen LogP contribution in [0.2, 0.25) is 0 Å². The van der Waals surface area contributed by atoms with Crippen molar-refractivity contribution in [2.75, 3.05) is 6.61 Å². The fourth-order valence-corrected chi connectivity index (χ4v) is 3.28. The number of rotatable bonds is 6. The van der Waals surface area contributed by atoms with Gasteiger partial charge in [-0.1, -0.05) is 12.1 Å². The average Bonchev–Trinajstić information content (AvgIpc) is 2.96. The predicted molar refractivity (Wildman–Crippen MR) is 106 cm³/mol. The molecule has 0 spiro atoms. The highest BCUT2D eigenvalue weighted by molar-refractivity contribution is 9.10.